The average molecular weight is 445 g/mol. The van der Waals surface area contributed by atoms with E-state index in [0.29, 0.717) is 38.3 Å². The highest BCUT2D eigenvalue weighted by atomic mass is 32.2. The van der Waals surface area contributed by atoms with Crippen LogP contribution in [-0.4, -0.2) is 60.4 Å². The Labute approximate surface area is 179 Å². The van der Waals surface area contributed by atoms with Crippen LogP contribution in [-0.2, 0) is 16.6 Å². The van der Waals surface area contributed by atoms with Crippen molar-refractivity contribution in [2.75, 3.05) is 32.8 Å². The smallest absolute Gasteiger partial charge is 0.326 e. The van der Waals surface area contributed by atoms with Crippen LogP contribution >= 0.6 is 0 Å². The summed E-state index contributed by atoms with van der Waals surface area (Å²) in [6.07, 6.45) is 0. The number of nitrogens with one attached hydrogen (secondary N) is 2. The number of hydrogen-bond acceptors (Lipinski definition) is 6. The van der Waals surface area contributed by atoms with Gasteiger partial charge in [0.15, 0.2) is 0 Å². The second-order valence-corrected chi connectivity index (χ2v) is 9.31. The highest BCUT2D eigenvalue weighted by molar-refractivity contribution is 7.89. The first-order chi connectivity index (χ1) is 14.9. The predicted octanol–water partition coefficient (Wildman–Crippen LogP) is 1.12. The van der Waals surface area contributed by atoms with E-state index in [-0.39, 0.29) is 10.3 Å². The van der Waals surface area contributed by atoms with Crippen molar-refractivity contribution in [3.05, 3.63) is 68.9 Å². The van der Waals surface area contributed by atoms with Gasteiger partial charge in [0, 0.05) is 32.7 Å². The number of ether oxygens (including phenoxy) is 1. The fourth-order valence-electron chi connectivity index (χ4n) is 3.70. The molecule has 10 heteroatoms. The number of hydrogen-bond donors (Lipinski definition) is 2. The minimum absolute atomic E-state index is 0.0394. The van der Waals surface area contributed by atoms with Crippen LogP contribution in [0.2, 0.25) is 0 Å². The van der Waals surface area contributed by atoms with Crippen LogP contribution in [0.5, 0.6) is 5.75 Å². The third-order valence-electron chi connectivity index (χ3n) is 5.32. The predicted molar refractivity (Wildman–Crippen MR) is 117 cm³/mol. The number of sulfonamides is 1. The summed E-state index contributed by atoms with van der Waals surface area (Å²) in [5, 5.41) is 0.134. The van der Waals surface area contributed by atoms with Crippen molar-refractivity contribution < 1.29 is 13.2 Å². The topological polar surface area (TPSA) is 116 Å². The fourth-order valence-corrected chi connectivity index (χ4v) is 5.15. The molecule has 1 fully saturated rings. The molecule has 0 spiro atoms. The Balaban J connectivity index is 1.44. The second kappa shape index (κ2) is 8.66. The summed E-state index contributed by atoms with van der Waals surface area (Å²) in [6, 6.07) is 12.1. The Kier molecular flexibility index (Phi) is 5.94. The Morgan fingerprint density at radius 2 is 1.68 bits per heavy atom. The maximum Gasteiger partial charge on any atom is 0.326 e. The number of fused-ring (bicyclic) bond motifs is 1. The summed E-state index contributed by atoms with van der Waals surface area (Å²) in [4.78, 5) is 30.3. The molecular formula is C21H24N4O5S. The molecule has 0 amide bonds. The molecule has 1 aliphatic rings. The lowest BCUT2D eigenvalue weighted by Crippen LogP contribution is -2.48. The highest BCUT2D eigenvalue weighted by Crippen LogP contribution is 2.21. The number of H-pyrrole nitrogens is 2. The van der Waals surface area contributed by atoms with E-state index in [4.69, 9.17) is 4.74 Å². The van der Waals surface area contributed by atoms with Crippen LogP contribution in [0.15, 0.2) is 56.9 Å². The van der Waals surface area contributed by atoms with Gasteiger partial charge in [0.05, 0.1) is 22.4 Å². The summed E-state index contributed by atoms with van der Waals surface area (Å²) in [7, 11) is -3.74. The lowest BCUT2D eigenvalue weighted by molar-refractivity contribution is 0.181. The standard InChI is InChI=1S/C21H24N4O5S/c1-2-30-16-5-3-15(4-6-16)14-24-9-11-25(12-10-24)31(28,29)17-7-8-19-18(13-17)20(26)23-21(27)22-19/h3-8,13H,2,9-12,14H2,1H3,(H2,22,23,26,27). The quantitative estimate of drug-likeness (QED) is 0.589. The fraction of sp³-hybridized carbons (Fsp3) is 0.333. The third kappa shape index (κ3) is 4.55. The van der Waals surface area contributed by atoms with Crippen molar-refractivity contribution in [2.45, 2.75) is 18.4 Å². The second-order valence-electron chi connectivity index (χ2n) is 7.37. The SMILES string of the molecule is CCOc1ccc(CN2CCN(S(=O)(=O)c3ccc4[nH]c(=O)[nH]c(=O)c4c3)CC2)cc1. The zero-order chi connectivity index (χ0) is 22.0. The first kappa shape index (κ1) is 21.3. The summed E-state index contributed by atoms with van der Waals surface area (Å²) in [5.41, 5.74) is 0.197. The first-order valence-corrected chi connectivity index (χ1v) is 11.5. The van der Waals surface area contributed by atoms with Crippen LogP contribution in [0, 0.1) is 0 Å². The monoisotopic (exact) mass is 444 g/mol. The number of benzene rings is 2. The molecule has 2 N–H and O–H groups in total. The van der Waals surface area contributed by atoms with Gasteiger partial charge in [-0.2, -0.15) is 4.31 Å². The van der Waals surface area contributed by atoms with Gasteiger partial charge >= 0.3 is 5.69 Å². The molecule has 3 aromatic rings. The minimum atomic E-state index is -3.74. The molecule has 31 heavy (non-hydrogen) atoms. The maximum atomic E-state index is 13.1. The van der Waals surface area contributed by atoms with E-state index in [1.165, 1.54) is 22.5 Å². The summed E-state index contributed by atoms with van der Waals surface area (Å²) in [5.74, 6) is 0.834. The van der Waals surface area contributed by atoms with Gasteiger partial charge in [0.25, 0.3) is 5.56 Å². The molecule has 0 atom stereocenters. The van der Waals surface area contributed by atoms with Crippen LogP contribution in [0.1, 0.15) is 12.5 Å². The van der Waals surface area contributed by atoms with Gasteiger partial charge in [-0.05, 0) is 42.8 Å². The van der Waals surface area contributed by atoms with E-state index in [1.54, 1.807) is 0 Å². The van der Waals surface area contributed by atoms with Crippen molar-refractivity contribution in [1.82, 2.24) is 19.2 Å². The summed E-state index contributed by atoms with van der Waals surface area (Å²) in [6.45, 7) is 5.23. The molecule has 2 aromatic carbocycles. The molecule has 164 valence electrons. The van der Waals surface area contributed by atoms with E-state index in [0.717, 1.165) is 17.9 Å². The number of aromatic nitrogens is 2. The molecule has 0 unspecified atom stereocenters. The number of piperazine rings is 1. The van der Waals surface area contributed by atoms with Gasteiger partial charge in [0.2, 0.25) is 10.0 Å². The van der Waals surface area contributed by atoms with Gasteiger partial charge in [-0.25, -0.2) is 13.2 Å². The molecule has 0 bridgehead atoms. The van der Waals surface area contributed by atoms with Crippen LogP contribution < -0.4 is 16.0 Å². The number of aromatic amines is 2. The van der Waals surface area contributed by atoms with Crippen molar-refractivity contribution >= 4 is 20.9 Å². The normalized spacial score (nSPS) is 15.9. The number of rotatable bonds is 6. The van der Waals surface area contributed by atoms with Crippen LogP contribution in [0.4, 0.5) is 0 Å². The largest absolute Gasteiger partial charge is 0.494 e. The van der Waals surface area contributed by atoms with Gasteiger partial charge in [-0.1, -0.05) is 12.1 Å². The van der Waals surface area contributed by atoms with E-state index in [9.17, 15) is 18.0 Å². The van der Waals surface area contributed by atoms with Gasteiger partial charge in [-0.3, -0.25) is 14.7 Å². The molecule has 1 saturated heterocycles. The van der Waals surface area contributed by atoms with E-state index in [2.05, 4.69) is 14.9 Å². The molecule has 4 rings (SSSR count). The van der Waals surface area contributed by atoms with E-state index < -0.39 is 21.3 Å². The maximum absolute atomic E-state index is 13.1. The highest BCUT2D eigenvalue weighted by Gasteiger charge is 2.28. The van der Waals surface area contributed by atoms with Gasteiger partial charge in [0.1, 0.15) is 5.75 Å². The Hall–Kier alpha value is -2.95. The Morgan fingerprint density at radius 3 is 2.35 bits per heavy atom. The lowest BCUT2D eigenvalue weighted by atomic mass is 10.2. The molecule has 9 nitrogen and oxygen atoms in total. The van der Waals surface area contributed by atoms with E-state index in [1.807, 2.05) is 31.2 Å². The van der Waals surface area contributed by atoms with Gasteiger partial charge < -0.3 is 9.72 Å². The van der Waals surface area contributed by atoms with Crippen molar-refractivity contribution in [1.29, 1.82) is 0 Å². The molecule has 0 saturated carbocycles. The molecule has 1 aromatic heterocycles. The average Bonchev–Trinajstić information content (AvgIpc) is 2.75. The minimum Gasteiger partial charge on any atom is -0.494 e. The Morgan fingerprint density at radius 1 is 0.968 bits per heavy atom. The summed E-state index contributed by atoms with van der Waals surface area (Å²) < 4.78 is 33.1. The lowest BCUT2D eigenvalue weighted by Gasteiger charge is -2.34. The number of nitrogens with zero attached hydrogens (tertiary/aromatic N) is 2. The Bertz CT molecular complexity index is 1290. The first-order valence-electron chi connectivity index (χ1n) is 10.1. The molecule has 2 heterocycles. The van der Waals surface area contributed by atoms with Crippen molar-refractivity contribution in [3.8, 4) is 5.75 Å². The molecule has 1 aliphatic heterocycles. The van der Waals surface area contributed by atoms with Crippen LogP contribution in [0.25, 0.3) is 10.9 Å². The molecule has 0 aliphatic carbocycles. The summed E-state index contributed by atoms with van der Waals surface area (Å²) >= 11 is 0. The van der Waals surface area contributed by atoms with E-state index >= 15 is 0 Å². The van der Waals surface area contributed by atoms with Crippen molar-refractivity contribution in [3.63, 3.8) is 0 Å². The van der Waals surface area contributed by atoms with Crippen LogP contribution in [0.3, 0.4) is 0 Å². The zero-order valence-electron chi connectivity index (χ0n) is 17.1. The third-order valence-corrected chi connectivity index (χ3v) is 7.22. The molecular weight excluding hydrogens is 420 g/mol. The van der Waals surface area contributed by atoms with Crippen molar-refractivity contribution in [2.24, 2.45) is 0 Å². The van der Waals surface area contributed by atoms with Gasteiger partial charge in [-0.15, -0.1) is 0 Å². The molecule has 0 radical (unpaired) electrons. The zero-order valence-corrected chi connectivity index (χ0v) is 17.9.